The Morgan fingerprint density at radius 1 is 1.00 bits per heavy atom. The summed E-state index contributed by atoms with van der Waals surface area (Å²) in [6.45, 7) is 2.72. The molecule has 1 amide bonds. The Morgan fingerprint density at radius 3 is 1.90 bits per heavy atom. The first-order chi connectivity index (χ1) is 9.16. The van der Waals surface area contributed by atoms with E-state index >= 15 is 0 Å². The van der Waals surface area contributed by atoms with Crippen molar-refractivity contribution in [3.8, 4) is 0 Å². The van der Waals surface area contributed by atoms with Crippen molar-refractivity contribution in [3.63, 3.8) is 0 Å². The molecular formula is C12H11ClF5NO2. The summed E-state index contributed by atoms with van der Waals surface area (Å²) in [5, 5.41) is 2.08. The lowest BCUT2D eigenvalue weighted by atomic mass is 9.80. The zero-order chi connectivity index (χ0) is 15.2. The third-order valence-electron chi connectivity index (χ3n) is 3.15. The van der Waals surface area contributed by atoms with Crippen molar-refractivity contribution in [1.29, 1.82) is 0 Å². The Morgan fingerprint density at radius 2 is 1.43 bits per heavy atom. The van der Waals surface area contributed by atoms with Gasteiger partial charge >= 0.3 is 6.09 Å². The van der Waals surface area contributed by atoms with Crippen molar-refractivity contribution >= 4 is 18.5 Å². The fourth-order valence-electron chi connectivity index (χ4n) is 2.03. The van der Waals surface area contributed by atoms with Gasteiger partial charge in [0.05, 0.1) is 11.6 Å². The Hall–Kier alpha value is -1.57. The van der Waals surface area contributed by atoms with Crippen LogP contribution in [0.2, 0.25) is 0 Å². The molecule has 1 atom stereocenters. The van der Waals surface area contributed by atoms with Crippen molar-refractivity contribution < 1.29 is 31.5 Å². The lowest BCUT2D eigenvalue weighted by molar-refractivity contribution is 0.0361. The standard InChI is InChI=1S/C12H10F5NO2.ClH/c1-12(2)3-20-11(19)18-10(12)4-5(13)7(15)9(17)8(16)6(4)14;/h10H,3H2,1-2H3,(H,18,19);1H/t10-;/m0./s1. The van der Waals surface area contributed by atoms with E-state index in [1.165, 1.54) is 13.8 Å². The minimum absolute atomic E-state index is 0. The third-order valence-corrected chi connectivity index (χ3v) is 3.15. The molecule has 0 saturated carbocycles. The number of nitrogens with one attached hydrogen (secondary N) is 1. The lowest BCUT2D eigenvalue weighted by Gasteiger charge is -2.38. The number of rotatable bonds is 1. The van der Waals surface area contributed by atoms with Gasteiger partial charge in [-0.1, -0.05) is 13.8 Å². The Kier molecular flexibility index (Phi) is 4.72. The van der Waals surface area contributed by atoms with Crippen molar-refractivity contribution in [1.82, 2.24) is 5.32 Å². The first kappa shape index (κ1) is 17.5. The molecule has 0 bridgehead atoms. The largest absolute Gasteiger partial charge is 0.449 e. The molecule has 1 heterocycles. The number of alkyl carbamates (subject to hydrolysis) is 1. The van der Waals surface area contributed by atoms with Crippen molar-refractivity contribution in [2.45, 2.75) is 19.9 Å². The summed E-state index contributed by atoms with van der Waals surface area (Å²) in [5.74, 6) is -10.2. The molecular weight excluding hydrogens is 321 g/mol. The predicted octanol–water partition coefficient (Wildman–Crippen LogP) is 3.61. The van der Waals surface area contributed by atoms with Crippen molar-refractivity contribution in [2.24, 2.45) is 5.41 Å². The van der Waals surface area contributed by atoms with Crippen molar-refractivity contribution in [2.75, 3.05) is 6.61 Å². The van der Waals surface area contributed by atoms with Crippen LogP contribution in [0, 0.1) is 34.5 Å². The van der Waals surface area contributed by atoms with E-state index in [9.17, 15) is 26.7 Å². The number of hydrogen-bond acceptors (Lipinski definition) is 2. The second kappa shape index (κ2) is 5.67. The maximum absolute atomic E-state index is 13.7. The SMILES string of the molecule is CC1(C)COC(=O)N[C@H]1c1c(F)c(F)c(F)c(F)c1F.Cl. The summed E-state index contributed by atoms with van der Waals surface area (Å²) >= 11 is 0. The maximum atomic E-state index is 13.7. The van der Waals surface area contributed by atoms with E-state index in [0.29, 0.717) is 0 Å². The smallest absolute Gasteiger partial charge is 0.407 e. The fourth-order valence-corrected chi connectivity index (χ4v) is 2.03. The van der Waals surface area contributed by atoms with E-state index in [4.69, 9.17) is 0 Å². The average Bonchev–Trinajstić information content (AvgIpc) is 2.39. The second-order valence-corrected chi connectivity index (χ2v) is 5.13. The van der Waals surface area contributed by atoms with Crippen LogP contribution in [0.15, 0.2) is 0 Å². The molecule has 1 fully saturated rings. The molecule has 9 heteroatoms. The molecule has 0 spiro atoms. The molecule has 118 valence electrons. The van der Waals surface area contributed by atoms with Crippen molar-refractivity contribution in [3.05, 3.63) is 34.6 Å². The quantitative estimate of drug-likeness (QED) is 0.485. The monoisotopic (exact) mass is 331 g/mol. The second-order valence-electron chi connectivity index (χ2n) is 5.13. The number of cyclic esters (lactones) is 1. The third kappa shape index (κ3) is 2.76. The van der Waals surface area contributed by atoms with Gasteiger partial charge in [-0.25, -0.2) is 26.7 Å². The van der Waals surface area contributed by atoms with E-state index in [2.05, 4.69) is 10.1 Å². The zero-order valence-corrected chi connectivity index (χ0v) is 11.7. The van der Waals surface area contributed by atoms with Gasteiger partial charge in [0.25, 0.3) is 0 Å². The minimum atomic E-state index is -2.24. The first-order valence-electron chi connectivity index (χ1n) is 5.61. The molecule has 2 rings (SSSR count). The van der Waals surface area contributed by atoms with E-state index in [0.717, 1.165) is 0 Å². The van der Waals surface area contributed by atoms with E-state index in [-0.39, 0.29) is 19.0 Å². The Bertz CT molecular complexity index is 564. The van der Waals surface area contributed by atoms with Gasteiger partial charge in [0.2, 0.25) is 5.82 Å². The van der Waals surface area contributed by atoms with Gasteiger partial charge in [0, 0.05) is 5.41 Å². The molecule has 0 aromatic heterocycles. The van der Waals surface area contributed by atoms with Crippen LogP contribution >= 0.6 is 12.4 Å². The maximum Gasteiger partial charge on any atom is 0.407 e. The molecule has 3 nitrogen and oxygen atoms in total. The molecule has 0 radical (unpaired) electrons. The summed E-state index contributed by atoms with van der Waals surface area (Å²) in [6, 6.07) is -1.40. The molecule has 1 aliphatic heterocycles. The van der Waals surface area contributed by atoms with Gasteiger partial charge in [-0.15, -0.1) is 12.4 Å². The summed E-state index contributed by atoms with van der Waals surface area (Å²) in [7, 11) is 0. The van der Waals surface area contributed by atoms with Crippen LogP contribution in [0.4, 0.5) is 26.7 Å². The molecule has 1 aromatic carbocycles. The number of benzene rings is 1. The number of hydrogen-bond donors (Lipinski definition) is 1. The summed E-state index contributed by atoms with van der Waals surface area (Å²) in [4.78, 5) is 11.2. The summed E-state index contributed by atoms with van der Waals surface area (Å²) < 4.78 is 71.5. The molecule has 1 N–H and O–H groups in total. The number of amides is 1. The van der Waals surface area contributed by atoms with E-state index in [1.807, 2.05) is 0 Å². The van der Waals surface area contributed by atoms with Crippen LogP contribution in [0.3, 0.4) is 0 Å². The number of carbonyl (C=O) groups excluding carboxylic acids is 1. The van der Waals surface area contributed by atoms with Gasteiger partial charge < -0.3 is 10.1 Å². The van der Waals surface area contributed by atoms with Gasteiger partial charge in [-0.05, 0) is 0 Å². The highest BCUT2D eigenvalue weighted by Crippen LogP contribution is 2.40. The number of ether oxygens (including phenoxy) is 1. The number of halogens is 6. The first-order valence-corrected chi connectivity index (χ1v) is 5.61. The van der Waals surface area contributed by atoms with Crippen LogP contribution in [-0.4, -0.2) is 12.7 Å². The highest BCUT2D eigenvalue weighted by Gasteiger charge is 2.43. The molecule has 21 heavy (non-hydrogen) atoms. The van der Waals surface area contributed by atoms with Crippen LogP contribution in [0.25, 0.3) is 0 Å². The molecule has 1 aromatic rings. The van der Waals surface area contributed by atoms with Gasteiger partial charge in [-0.3, -0.25) is 0 Å². The van der Waals surface area contributed by atoms with Gasteiger partial charge in [0.15, 0.2) is 23.3 Å². The Balaban J connectivity index is 0.00000220. The normalized spacial score (nSPS) is 20.3. The fraction of sp³-hybridized carbons (Fsp3) is 0.417. The molecule has 0 unspecified atom stereocenters. The summed E-state index contributed by atoms with van der Waals surface area (Å²) in [6.07, 6.45) is -0.988. The Labute approximate surface area is 122 Å². The van der Waals surface area contributed by atoms with Crippen LogP contribution < -0.4 is 5.32 Å². The molecule has 1 saturated heterocycles. The highest BCUT2D eigenvalue weighted by molar-refractivity contribution is 5.85. The van der Waals surface area contributed by atoms with Crippen LogP contribution in [0.1, 0.15) is 25.5 Å². The van der Waals surface area contributed by atoms with Gasteiger partial charge in [-0.2, -0.15) is 0 Å². The minimum Gasteiger partial charge on any atom is -0.449 e. The topological polar surface area (TPSA) is 38.3 Å². The highest BCUT2D eigenvalue weighted by atomic mass is 35.5. The molecule has 1 aliphatic rings. The zero-order valence-electron chi connectivity index (χ0n) is 10.9. The average molecular weight is 332 g/mol. The lowest BCUT2D eigenvalue weighted by Crippen LogP contribution is -2.47. The molecule has 0 aliphatic carbocycles. The predicted molar refractivity (Wildman–Crippen MR) is 64.5 cm³/mol. The van der Waals surface area contributed by atoms with E-state index < -0.39 is 52.2 Å². The van der Waals surface area contributed by atoms with Crippen LogP contribution in [0.5, 0.6) is 0 Å². The summed E-state index contributed by atoms with van der Waals surface area (Å²) in [5.41, 5.74) is -2.12. The van der Waals surface area contributed by atoms with Crippen LogP contribution in [-0.2, 0) is 4.74 Å². The number of carbonyl (C=O) groups is 1. The van der Waals surface area contributed by atoms with E-state index in [1.54, 1.807) is 0 Å². The van der Waals surface area contributed by atoms with Gasteiger partial charge in [0.1, 0.15) is 6.61 Å².